The van der Waals surface area contributed by atoms with Crippen LogP contribution in [-0.4, -0.2) is 28.3 Å². The van der Waals surface area contributed by atoms with Crippen LogP contribution in [0.2, 0.25) is 0 Å². The van der Waals surface area contributed by atoms with Gasteiger partial charge in [-0.05, 0) is 105 Å². The Morgan fingerprint density at radius 1 is 0.761 bits per heavy atom. The molecular weight excluding hydrogens is 576 g/mol. The van der Waals surface area contributed by atoms with Gasteiger partial charge in [0.1, 0.15) is 24.1 Å². The van der Waals surface area contributed by atoms with Gasteiger partial charge < -0.3 is 20.5 Å². The number of aryl methyl sites for hydroxylation is 5. The van der Waals surface area contributed by atoms with Gasteiger partial charge >= 0.3 is 0 Å². The lowest BCUT2D eigenvalue weighted by Gasteiger charge is -2.44. The Labute approximate surface area is 271 Å². The van der Waals surface area contributed by atoms with E-state index < -0.39 is 41.0 Å². The quantitative estimate of drug-likeness (QED) is 0.182. The maximum Gasteiger partial charge on any atom is 0.235 e. The number of amides is 2. The molecular formula is C39H42N2O5. The summed E-state index contributed by atoms with van der Waals surface area (Å²) in [6.45, 7) is 11.9. The van der Waals surface area contributed by atoms with Crippen molar-refractivity contribution in [2.45, 2.75) is 66.1 Å². The van der Waals surface area contributed by atoms with E-state index >= 15 is 0 Å². The van der Waals surface area contributed by atoms with Crippen molar-refractivity contribution in [1.82, 2.24) is 0 Å². The fourth-order valence-corrected chi connectivity index (χ4v) is 6.46. The van der Waals surface area contributed by atoms with Crippen LogP contribution < -0.4 is 15.4 Å². The first-order chi connectivity index (χ1) is 21.9. The number of benzene rings is 4. The van der Waals surface area contributed by atoms with E-state index in [2.05, 4.69) is 43.5 Å². The number of carbonyl (C=O) groups excluding carboxylic acids is 3. The second kappa shape index (κ2) is 13.3. The van der Waals surface area contributed by atoms with Crippen LogP contribution in [0.4, 0.5) is 11.4 Å². The van der Waals surface area contributed by atoms with Crippen LogP contribution in [0.1, 0.15) is 58.2 Å². The van der Waals surface area contributed by atoms with E-state index in [0.29, 0.717) is 29.3 Å². The van der Waals surface area contributed by atoms with Gasteiger partial charge in [0, 0.05) is 23.7 Å². The fourth-order valence-electron chi connectivity index (χ4n) is 6.46. The molecule has 0 aliphatic heterocycles. The van der Waals surface area contributed by atoms with Crippen LogP contribution in [0.3, 0.4) is 0 Å². The van der Waals surface area contributed by atoms with Gasteiger partial charge in [0.15, 0.2) is 0 Å². The summed E-state index contributed by atoms with van der Waals surface area (Å²) in [5, 5.41) is 17.6. The molecule has 1 aliphatic rings. The molecule has 2 amide bonds. The molecule has 4 aromatic rings. The molecule has 0 aromatic heterocycles. The molecule has 1 saturated carbocycles. The zero-order valence-electron chi connectivity index (χ0n) is 27.3. The number of Topliss-reactive ketones (excluding diaryl/α,β-unsaturated/α-hetero) is 1. The van der Waals surface area contributed by atoms with Crippen LogP contribution in [-0.2, 0) is 21.0 Å². The maximum absolute atomic E-state index is 14.1. The summed E-state index contributed by atoms with van der Waals surface area (Å²) in [7, 11) is 0. The summed E-state index contributed by atoms with van der Waals surface area (Å²) < 4.78 is 6.13. The van der Waals surface area contributed by atoms with Crippen molar-refractivity contribution >= 4 is 29.0 Å². The number of carbonyl (C=O) groups is 3. The number of ketones is 1. The fraction of sp³-hybridized carbons (Fsp3) is 0.308. The average molecular weight is 619 g/mol. The molecule has 7 nitrogen and oxygen atoms in total. The van der Waals surface area contributed by atoms with Gasteiger partial charge in [-0.15, -0.1) is 0 Å². The third-order valence-corrected chi connectivity index (χ3v) is 9.25. The van der Waals surface area contributed by atoms with Crippen LogP contribution in [0.5, 0.6) is 5.75 Å². The highest BCUT2D eigenvalue weighted by atomic mass is 16.5. The second-order valence-corrected chi connectivity index (χ2v) is 12.8. The second-order valence-electron chi connectivity index (χ2n) is 12.8. The summed E-state index contributed by atoms with van der Waals surface area (Å²) in [6, 6.07) is 26.1. The minimum atomic E-state index is -1.70. The minimum Gasteiger partial charge on any atom is -0.489 e. The summed E-state index contributed by atoms with van der Waals surface area (Å²) in [5.41, 5.74) is 6.42. The SMILES string of the molecule is Cc1cc(C)c(COc2ccc(C3C(C(=O)Nc4ccccc4C)C(=O)CC(C)(O)C3C(=O)Nc3ccccc3C)cc2)cc1C. The van der Waals surface area contributed by atoms with Crippen molar-refractivity contribution in [1.29, 1.82) is 0 Å². The third-order valence-electron chi connectivity index (χ3n) is 9.25. The molecule has 238 valence electrons. The summed E-state index contributed by atoms with van der Waals surface area (Å²) in [5.74, 6) is -4.06. The Morgan fingerprint density at radius 3 is 1.89 bits per heavy atom. The smallest absolute Gasteiger partial charge is 0.235 e. The van der Waals surface area contributed by atoms with E-state index in [-0.39, 0.29) is 6.42 Å². The van der Waals surface area contributed by atoms with Crippen LogP contribution in [0.25, 0.3) is 0 Å². The standard InChI is InChI=1S/C39H42N2O5/c1-23-11-7-9-13-31(23)40-37(43)35-33(42)21-39(6,45)36(38(44)41-32-14-10-8-12-24(32)2)34(35)28-15-17-30(18-16-28)46-22-29-20-26(4)25(3)19-27(29)5/h7-20,34-36,45H,21-22H2,1-6H3,(H,40,43)(H,41,44). The predicted octanol–water partition coefficient (Wildman–Crippen LogP) is 7.12. The molecule has 4 atom stereocenters. The number of para-hydroxylation sites is 2. The lowest BCUT2D eigenvalue weighted by Crippen LogP contribution is -2.56. The molecule has 4 aromatic carbocycles. The Balaban J connectivity index is 1.50. The number of rotatable bonds is 8. The van der Waals surface area contributed by atoms with Crippen molar-refractivity contribution in [2.24, 2.45) is 11.8 Å². The Morgan fingerprint density at radius 2 is 1.30 bits per heavy atom. The largest absolute Gasteiger partial charge is 0.489 e. The summed E-state index contributed by atoms with van der Waals surface area (Å²) in [4.78, 5) is 41.7. The average Bonchev–Trinajstić information content (AvgIpc) is 3.00. The molecule has 46 heavy (non-hydrogen) atoms. The normalized spacial score (nSPS) is 21.0. The van der Waals surface area contributed by atoms with Crippen molar-refractivity contribution in [3.63, 3.8) is 0 Å². The number of aliphatic hydroxyl groups is 1. The number of anilines is 2. The lowest BCUT2D eigenvalue weighted by molar-refractivity contribution is -0.150. The zero-order valence-corrected chi connectivity index (χ0v) is 27.3. The van der Waals surface area contributed by atoms with E-state index in [4.69, 9.17) is 4.74 Å². The summed E-state index contributed by atoms with van der Waals surface area (Å²) >= 11 is 0. The van der Waals surface area contributed by atoms with Crippen LogP contribution >= 0.6 is 0 Å². The molecule has 7 heteroatoms. The first-order valence-electron chi connectivity index (χ1n) is 15.6. The molecule has 1 fully saturated rings. The maximum atomic E-state index is 14.1. The van der Waals surface area contributed by atoms with Crippen molar-refractivity contribution in [2.75, 3.05) is 10.6 Å². The van der Waals surface area contributed by atoms with Gasteiger partial charge in [0.25, 0.3) is 0 Å². The molecule has 0 spiro atoms. The van der Waals surface area contributed by atoms with Gasteiger partial charge in [0.2, 0.25) is 11.8 Å². The van der Waals surface area contributed by atoms with E-state index in [9.17, 15) is 19.5 Å². The van der Waals surface area contributed by atoms with E-state index in [1.165, 1.54) is 18.1 Å². The number of nitrogens with one attached hydrogen (secondary N) is 2. The number of hydrogen-bond donors (Lipinski definition) is 3. The Bertz CT molecular complexity index is 1780. The van der Waals surface area contributed by atoms with Gasteiger partial charge in [-0.1, -0.05) is 60.7 Å². The molecule has 4 unspecified atom stereocenters. The molecule has 0 heterocycles. The first-order valence-corrected chi connectivity index (χ1v) is 15.6. The third kappa shape index (κ3) is 6.90. The van der Waals surface area contributed by atoms with Crippen molar-refractivity contribution in [3.05, 3.63) is 124 Å². The highest BCUT2D eigenvalue weighted by Gasteiger charge is 2.56. The van der Waals surface area contributed by atoms with E-state index in [0.717, 1.165) is 22.3 Å². The van der Waals surface area contributed by atoms with Crippen molar-refractivity contribution < 1.29 is 24.2 Å². The monoisotopic (exact) mass is 618 g/mol. The number of ether oxygens (including phenoxy) is 1. The van der Waals surface area contributed by atoms with Gasteiger partial charge in [-0.25, -0.2) is 0 Å². The van der Waals surface area contributed by atoms with E-state index in [1.807, 2.05) is 50.2 Å². The highest BCUT2D eigenvalue weighted by molar-refractivity contribution is 6.10. The summed E-state index contributed by atoms with van der Waals surface area (Å²) in [6.07, 6.45) is -0.336. The molecule has 0 bridgehead atoms. The van der Waals surface area contributed by atoms with Crippen LogP contribution in [0.15, 0.2) is 84.9 Å². The minimum absolute atomic E-state index is 0.336. The molecule has 0 radical (unpaired) electrons. The molecule has 3 N–H and O–H groups in total. The predicted molar refractivity (Wildman–Crippen MR) is 181 cm³/mol. The van der Waals surface area contributed by atoms with Crippen molar-refractivity contribution in [3.8, 4) is 5.75 Å². The topological polar surface area (TPSA) is 105 Å². The number of hydrogen-bond acceptors (Lipinski definition) is 5. The molecule has 1 aliphatic carbocycles. The Hall–Kier alpha value is -4.75. The molecule has 5 rings (SSSR count). The lowest BCUT2D eigenvalue weighted by atomic mass is 9.61. The van der Waals surface area contributed by atoms with Gasteiger partial charge in [-0.2, -0.15) is 0 Å². The zero-order chi connectivity index (χ0) is 33.2. The van der Waals surface area contributed by atoms with Crippen LogP contribution in [0, 0.1) is 46.5 Å². The van der Waals surface area contributed by atoms with Gasteiger partial charge in [-0.3, -0.25) is 14.4 Å². The highest BCUT2D eigenvalue weighted by Crippen LogP contribution is 2.47. The Kier molecular flexibility index (Phi) is 9.44. The van der Waals surface area contributed by atoms with E-state index in [1.54, 1.807) is 36.4 Å². The molecule has 0 saturated heterocycles. The first kappa shape index (κ1) is 32.6. The van der Waals surface area contributed by atoms with Gasteiger partial charge in [0.05, 0.1) is 11.5 Å².